The SMILES string of the molecule is Cc1cccc(-c2nn(COCC[Si](C)(C)C)cc2-c2ccc(F)c(-c3cn(CCN4CCOCC4)cn3)c2)n1. The summed E-state index contributed by atoms with van der Waals surface area (Å²) in [4.78, 5) is 11.6. The molecule has 1 aliphatic rings. The Morgan fingerprint density at radius 2 is 1.82 bits per heavy atom. The molecule has 1 fully saturated rings. The van der Waals surface area contributed by atoms with Gasteiger partial charge in [-0.3, -0.25) is 9.88 Å². The molecule has 212 valence electrons. The van der Waals surface area contributed by atoms with Gasteiger partial charge in [0.25, 0.3) is 0 Å². The van der Waals surface area contributed by atoms with Gasteiger partial charge < -0.3 is 14.0 Å². The molecule has 4 heterocycles. The number of imidazole rings is 1. The molecule has 0 unspecified atom stereocenters. The Balaban J connectivity index is 1.40. The molecule has 0 saturated carbocycles. The summed E-state index contributed by atoms with van der Waals surface area (Å²) < 4.78 is 30.4. The molecule has 0 amide bonds. The van der Waals surface area contributed by atoms with Gasteiger partial charge in [0.15, 0.2) is 0 Å². The molecule has 1 aromatic carbocycles. The Morgan fingerprint density at radius 3 is 2.60 bits per heavy atom. The number of nitrogens with zero attached hydrogens (tertiary/aromatic N) is 6. The maximum atomic E-state index is 15.1. The second-order valence-corrected chi connectivity index (χ2v) is 17.2. The monoisotopic (exact) mass is 562 g/mol. The number of ether oxygens (including phenoxy) is 2. The Hall–Kier alpha value is -3.18. The minimum Gasteiger partial charge on any atom is -0.379 e. The average molecular weight is 563 g/mol. The van der Waals surface area contributed by atoms with Crippen LogP contribution in [0.1, 0.15) is 5.69 Å². The van der Waals surface area contributed by atoms with Crippen LogP contribution in [0.15, 0.2) is 55.1 Å². The Kier molecular flexibility index (Phi) is 8.90. The number of pyridine rings is 1. The van der Waals surface area contributed by atoms with E-state index in [0.717, 1.165) is 73.6 Å². The number of rotatable bonds is 11. The molecular formula is C30H39FN6O2Si. The summed E-state index contributed by atoms with van der Waals surface area (Å²) in [5.41, 5.74) is 5.22. The first-order chi connectivity index (χ1) is 19.2. The van der Waals surface area contributed by atoms with Gasteiger partial charge in [-0.05, 0) is 42.8 Å². The van der Waals surface area contributed by atoms with Crippen LogP contribution in [-0.2, 0) is 22.7 Å². The predicted octanol–water partition coefficient (Wildman–Crippen LogP) is 5.57. The van der Waals surface area contributed by atoms with Crippen molar-refractivity contribution in [1.29, 1.82) is 0 Å². The molecule has 0 aliphatic carbocycles. The maximum Gasteiger partial charge on any atom is 0.139 e. The van der Waals surface area contributed by atoms with Crippen molar-refractivity contribution in [2.24, 2.45) is 0 Å². The molecular weight excluding hydrogens is 523 g/mol. The van der Waals surface area contributed by atoms with Crippen molar-refractivity contribution < 1.29 is 13.9 Å². The molecule has 40 heavy (non-hydrogen) atoms. The van der Waals surface area contributed by atoms with Crippen LogP contribution in [0.4, 0.5) is 4.39 Å². The number of morpholine rings is 1. The number of halogens is 1. The lowest BCUT2D eigenvalue weighted by Crippen LogP contribution is -2.38. The summed E-state index contributed by atoms with van der Waals surface area (Å²) in [6, 6.07) is 12.1. The average Bonchev–Trinajstić information content (AvgIpc) is 3.58. The number of aromatic nitrogens is 5. The van der Waals surface area contributed by atoms with E-state index in [-0.39, 0.29) is 5.82 Å². The van der Waals surface area contributed by atoms with Gasteiger partial charge in [-0.2, -0.15) is 5.10 Å². The zero-order valence-corrected chi connectivity index (χ0v) is 24.9. The van der Waals surface area contributed by atoms with Gasteiger partial charge in [-0.25, -0.2) is 14.1 Å². The highest BCUT2D eigenvalue weighted by Gasteiger charge is 2.19. The maximum absolute atomic E-state index is 15.1. The second-order valence-electron chi connectivity index (χ2n) is 11.6. The summed E-state index contributed by atoms with van der Waals surface area (Å²) in [7, 11) is -1.18. The number of aryl methyl sites for hydroxylation is 1. The van der Waals surface area contributed by atoms with E-state index in [1.807, 2.05) is 52.8 Å². The third-order valence-corrected chi connectivity index (χ3v) is 8.78. The van der Waals surface area contributed by atoms with E-state index in [0.29, 0.717) is 24.6 Å². The molecule has 8 nitrogen and oxygen atoms in total. The molecule has 4 aromatic rings. The summed E-state index contributed by atoms with van der Waals surface area (Å²) in [6.45, 7) is 15.2. The highest BCUT2D eigenvalue weighted by Crippen LogP contribution is 2.34. The number of benzene rings is 1. The van der Waals surface area contributed by atoms with E-state index in [4.69, 9.17) is 19.6 Å². The van der Waals surface area contributed by atoms with E-state index in [1.165, 1.54) is 6.07 Å². The summed E-state index contributed by atoms with van der Waals surface area (Å²) in [6.07, 6.45) is 5.66. The topological polar surface area (TPSA) is 70.2 Å². The lowest BCUT2D eigenvalue weighted by atomic mass is 10.0. The van der Waals surface area contributed by atoms with Crippen LogP contribution < -0.4 is 0 Å². The molecule has 5 rings (SSSR count). The van der Waals surface area contributed by atoms with Gasteiger partial charge in [0.05, 0.1) is 30.9 Å². The highest BCUT2D eigenvalue weighted by molar-refractivity contribution is 6.76. The normalized spacial score (nSPS) is 14.6. The first-order valence-corrected chi connectivity index (χ1v) is 17.7. The van der Waals surface area contributed by atoms with Crippen LogP contribution in [0.3, 0.4) is 0 Å². The fraction of sp³-hybridized carbons (Fsp3) is 0.433. The van der Waals surface area contributed by atoms with E-state index in [2.05, 4.69) is 29.5 Å². The van der Waals surface area contributed by atoms with Crippen molar-refractivity contribution in [3.63, 3.8) is 0 Å². The van der Waals surface area contributed by atoms with Crippen molar-refractivity contribution in [3.05, 3.63) is 66.6 Å². The third-order valence-electron chi connectivity index (χ3n) is 7.08. The largest absolute Gasteiger partial charge is 0.379 e. The van der Waals surface area contributed by atoms with E-state index < -0.39 is 8.07 Å². The Labute approximate surface area is 236 Å². The first kappa shape index (κ1) is 28.3. The summed E-state index contributed by atoms with van der Waals surface area (Å²) >= 11 is 0. The Morgan fingerprint density at radius 1 is 1.00 bits per heavy atom. The van der Waals surface area contributed by atoms with Crippen molar-refractivity contribution in [2.45, 2.75) is 45.9 Å². The zero-order valence-electron chi connectivity index (χ0n) is 23.9. The molecule has 0 atom stereocenters. The molecule has 0 N–H and O–H groups in total. The molecule has 1 saturated heterocycles. The molecule has 0 radical (unpaired) electrons. The fourth-order valence-electron chi connectivity index (χ4n) is 4.69. The highest BCUT2D eigenvalue weighted by atomic mass is 28.3. The minimum absolute atomic E-state index is 0.306. The van der Waals surface area contributed by atoms with Crippen LogP contribution in [0.2, 0.25) is 25.7 Å². The fourth-order valence-corrected chi connectivity index (χ4v) is 5.45. The van der Waals surface area contributed by atoms with Gasteiger partial charge in [-0.1, -0.05) is 31.8 Å². The number of hydrogen-bond donors (Lipinski definition) is 0. The smallest absolute Gasteiger partial charge is 0.139 e. The van der Waals surface area contributed by atoms with Crippen LogP contribution in [0, 0.1) is 12.7 Å². The van der Waals surface area contributed by atoms with Crippen molar-refractivity contribution in [1.82, 2.24) is 29.2 Å². The molecule has 0 spiro atoms. The first-order valence-electron chi connectivity index (χ1n) is 14.0. The van der Waals surface area contributed by atoms with Gasteiger partial charge in [0, 0.05) is 70.1 Å². The predicted molar refractivity (Wildman–Crippen MR) is 158 cm³/mol. The molecule has 3 aromatic heterocycles. The van der Waals surface area contributed by atoms with Gasteiger partial charge in [-0.15, -0.1) is 0 Å². The summed E-state index contributed by atoms with van der Waals surface area (Å²) in [5.74, 6) is -0.306. The molecule has 0 bridgehead atoms. The summed E-state index contributed by atoms with van der Waals surface area (Å²) in [5, 5.41) is 4.84. The third kappa shape index (κ3) is 7.31. The second kappa shape index (κ2) is 12.6. The number of hydrogen-bond acceptors (Lipinski definition) is 6. The van der Waals surface area contributed by atoms with Crippen LogP contribution in [-0.4, -0.2) is 76.7 Å². The zero-order chi connectivity index (χ0) is 28.1. The van der Waals surface area contributed by atoms with Crippen molar-refractivity contribution in [2.75, 3.05) is 39.5 Å². The van der Waals surface area contributed by atoms with E-state index in [1.54, 1.807) is 12.4 Å². The van der Waals surface area contributed by atoms with Crippen LogP contribution in [0.25, 0.3) is 33.8 Å². The quantitative estimate of drug-likeness (QED) is 0.176. The van der Waals surface area contributed by atoms with Gasteiger partial charge in [0.2, 0.25) is 0 Å². The van der Waals surface area contributed by atoms with Crippen molar-refractivity contribution >= 4 is 8.07 Å². The Bertz CT molecular complexity index is 1420. The minimum atomic E-state index is -1.18. The van der Waals surface area contributed by atoms with Crippen molar-refractivity contribution in [3.8, 4) is 33.8 Å². The van der Waals surface area contributed by atoms with Gasteiger partial charge in [0.1, 0.15) is 18.2 Å². The van der Waals surface area contributed by atoms with Crippen LogP contribution >= 0.6 is 0 Å². The standard InChI is InChI=1S/C30H39FN6O2Si/c1-23-6-5-7-28(33-23)30-26(19-37(34-30)22-39-16-17-40(2,3)4)24-8-9-27(31)25(18-24)29-20-36(21-32-29)11-10-35-12-14-38-15-13-35/h5-9,18-21H,10-17,22H2,1-4H3. The van der Waals surface area contributed by atoms with E-state index in [9.17, 15) is 0 Å². The molecule has 1 aliphatic heterocycles. The molecule has 10 heteroatoms. The van der Waals surface area contributed by atoms with Crippen LogP contribution in [0.5, 0.6) is 0 Å². The van der Waals surface area contributed by atoms with Gasteiger partial charge >= 0.3 is 0 Å². The van der Waals surface area contributed by atoms with E-state index >= 15 is 4.39 Å². The lowest BCUT2D eigenvalue weighted by molar-refractivity contribution is 0.0364. The lowest BCUT2D eigenvalue weighted by Gasteiger charge is -2.26.